The standard InChI is InChI=1S/C14H19N3S/c15-8-7-11-4-3-9-17(10-11)14-16-12-5-1-2-6-13(12)18-14/h1-2,5-6,11H,3-4,7-10,15H2. The fraction of sp³-hybridized carbons (Fsp3) is 0.500. The molecule has 2 N–H and O–H groups in total. The number of para-hydroxylation sites is 1. The smallest absolute Gasteiger partial charge is 0.186 e. The van der Waals surface area contributed by atoms with Crippen LogP contribution in [0.25, 0.3) is 10.2 Å². The first-order chi connectivity index (χ1) is 8.86. The molecule has 0 radical (unpaired) electrons. The molecule has 1 fully saturated rings. The molecule has 3 nitrogen and oxygen atoms in total. The molecule has 0 bridgehead atoms. The molecule has 0 amide bonds. The summed E-state index contributed by atoms with van der Waals surface area (Å²) < 4.78 is 1.29. The molecule has 1 aliphatic rings. The van der Waals surface area contributed by atoms with E-state index in [9.17, 15) is 0 Å². The monoisotopic (exact) mass is 261 g/mol. The average Bonchev–Trinajstić information content (AvgIpc) is 2.83. The summed E-state index contributed by atoms with van der Waals surface area (Å²) in [4.78, 5) is 7.18. The summed E-state index contributed by atoms with van der Waals surface area (Å²) in [5.74, 6) is 0.746. The highest BCUT2D eigenvalue weighted by Gasteiger charge is 2.21. The van der Waals surface area contributed by atoms with Crippen molar-refractivity contribution in [3.63, 3.8) is 0 Å². The first-order valence-electron chi connectivity index (χ1n) is 6.67. The van der Waals surface area contributed by atoms with Crippen LogP contribution in [-0.2, 0) is 0 Å². The van der Waals surface area contributed by atoms with Crippen LogP contribution in [0.4, 0.5) is 5.13 Å². The Bertz CT molecular complexity index is 487. The van der Waals surface area contributed by atoms with Crippen molar-refractivity contribution >= 4 is 26.7 Å². The van der Waals surface area contributed by atoms with Crippen molar-refractivity contribution in [3.05, 3.63) is 24.3 Å². The van der Waals surface area contributed by atoms with E-state index in [1.165, 1.54) is 22.7 Å². The van der Waals surface area contributed by atoms with Gasteiger partial charge in [-0.3, -0.25) is 0 Å². The van der Waals surface area contributed by atoms with E-state index in [-0.39, 0.29) is 0 Å². The topological polar surface area (TPSA) is 42.1 Å². The summed E-state index contributed by atoms with van der Waals surface area (Å²) in [7, 11) is 0. The first-order valence-corrected chi connectivity index (χ1v) is 7.49. The molecule has 1 aromatic heterocycles. The zero-order valence-corrected chi connectivity index (χ0v) is 11.3. The number of hydrogen-bond acceptors (Lipinski definition) is 4. The normalized spacial score (nSPS) is 20.5. The highest BCUT2D eigenvalue weighted by Crippen LogP contribution is 2.31. The maximum atomic E-state index is 5.67. The Morgan fingerprint density at radius 3 is 3.11 bits per heavy atom. The Hall–Kier alpha value is -1.13. The van der Waals surface area contributed by atoms with Gasteiger partial charge in [0.1, 0.15) is 0 Å². The average molecular weight is 261 g/mol. The third kappa shape index (κ3) is 2.35. The molecule has 3 rings (SSSR count). The SMILES string of the molecule is NCCC1CCCN(c2nc3ccccc3s2)C1. The van der Waals surface area contributed by atoms with Crippen LogP contribution in [0.5, 0.6) is 0 Å². The second-order valence-electron chi connectivity index (χ2n) is 5.00. The molecule has 2 aromatic rings. The Morgan fingerprint density at radius 2 is 2.28 bits per heavy atom. The van der Waals surface area contributed by atoms with E-state index >= 15 is 0 Å². The van der Waals surface area contributed by atoms with Crippen molar-refractivity contribution in [2.24, 2.45) is 11.7 Å². The van der Waals surface area contributed by atoms with Crippen LogP contribution < -0.4 is 10.6 Å². The van der Waals surface area contributed by atoms with Crippen molar-refractivity contribution in [2.75, 3.05) is 24.5 Å². The van der Waals surface area contributed by atoms with Gasteiger partial charge in [0.25, 0.3) is 0 Å². The van der Waals surface area contributed by atoms with Gasteiger partial charge in [-0.25, -0.2) is 4.98 Å². The number of nitrogens with two attached hydrogens (primary N) is 1. The molecule has 2 heterocycles. The molecule has 4 heteroatoms. The highest BCUT2D eigenvalue weighted by atomic mass is 32.1. The molecule has 18 heavy (non-hydrogen) atoms. The number of fused-ring (bicyclic) bond motifs is 1. The minimum Gasteiger partial charge on any atom is -0.348 e. The van der Waals surface area contributed by atoms with Gasteiger partial charge < -0.3 is 10.6 Å². The van der Waals surface area contributed by atoms with Crippen LogP contribution >= 0.6 is 11.3 Å². The summed E-state index contributed by atoms with van der Waals surface area (Å²) in [5.41, 5.74) is 6.80. The fourth-order valence-corrected chi connectivity index (χ4v) is 3.71. The maximum Gasteiger partial charge on any atom is 0.186 e. The molecule has 1 aromatic carbocycles. The van der Waals surface area contributed by atoms with Crippen molar-refractivity contribution in [3.8, 4) is 0 Å². The quantitative estimate of drug-likeness (QED) is 0.923. The predicted octanol–water partition coefficient (Wildman–Crippen LogP) is 2.86. The third-order valence-corrected chi connectivity index (χ3v) is 4.74. The first kappa shape index (κ1) is 11.9. The maximum absolute atomic E-state index is 5.67. The van der Waals surface area contributed by atoms with Gasteiger partial charge in [-0.15, -0.1) is 0 Å². The Kier molecular flexibility index (Phi) is 3.48. The van der Waals surface area contributed by atoms with E-state index in [1.807, 2.05) is 11.3 Å². The van der Waals surface area contributed by atoms with Gasteiger partial charge in [-0.2, -0.15) is 0 Å². The number of rotatable bonds is 3. The Labute approximate surface area is 112 Å². The second kappa shape index (κ2) is 5.24. The van der Waals surface area contributed by atoms with Gasteiger partial charge in [0.05, 0.1) is 10.2 Å². The predicted molar refractivity (Wildman–Crippen MR) is 78.2 cm³/mol. The van der Waals surface area contributed by atoms with E-state index < -0.39 is 0 Å². The van der Waals surface area contributed by atoms with Crippen LogP contribution in [0.15, 0.2) is 24.3 Å². The van der Waals surface area contributed by atoms with E-state index in [1.54, 1.807) is 0 Å². The van der Waals surface area contributed by atoms with Crippen molar-refractivity contribution < 1.29 is 0 Å². The molecule has 1 atom stereocenters. The summed E-state index contributed by atoms with van der Waals surface area (Å²) >= 11 is 1.81. The van der Waals surface area contributed by atoms with Crippen LogP contribution in [0.3, 0.4) is 0 Å². The van der Waals surface area contributed by atoms with E-state index in [2.05, 4.69) is 29.2 Å². The minimum absolute atomic E-state index is 0.746. The number of hydrogen-bond donors (Lipinski definition) is 1. The number of nitrogens with zero attached hydrogens (tertiary/aromatic N) is 2. The van der Waals surface area contributed by atoms with E-state index in [4.69, 9.17) is 10.7 Å². The number of anilines is 1. The molecule has 0 aliphatic carbocycles. The van der Waals surface area contributed by atoms with Crippen molar-refractivity contribution in [1.29, 1.82) is 0 Å². The van der Waals surface area contributed by atoms with E-state index in [0.717, 1.165) is 37.5 Å². The van der Waals surface area contributed by atoms with Gasteiger partial charge in [0.15, 0.2) is 5.13 Å². The molecular formula is C14H19N3S. The highest BCUT2D eigenvalue weighted by molar-refractivity contribution is 7.22. The summed E-state index contributed by atoms with van der Waals surface area (Å²) in [6.07, 6.45) is 3.72. The lowest BCUT2D eigenvalue weighted by Gasteiger charge is -2.32. The zero-order chi connectivity index (χ0) is 12.4. The molecular weight excluding hydrogens is 242 g/mol. The molecule has 96 valence electrons. The Balaban J connectivity index is 1.80. The number of piperidine rings is 1. The van der Waals surface area contributed by atoms with Crippen LogP contribution in [0.1, 0.15) is 19.3 Å². The number of benzene rings is 1. The van der Waals surface area contributed by atoms with Crippen LogP contribution in [-0.4, -0.2) is 24.6 Å². The minimum atomic E-state index is 0.746. The lowest BCUT2D eigenvalue weighted by Crippen LogP contribution is -2.36. The molecule has 1 unspecified atom stereocenters. The largest absolute Gasteiger partial charge is 0.348 e. The summed E-state index contributed by atoms with van der Waals surface area (Å²) in [6.45, 7) is 3.07. The van der Waals surface area contributed by atoms with Gasteiger partial charge >= 0.3 is 0 Å². The van der Waals surface area contributed by atoms with Gasteiger partial charge in [0.2, 0.25) is 0 Å². The fourth-order valence-electron chi connectivity index (χ4n) is 2.71. The van der Waals surface area contributed by atoms with Crippen LogP contribution in [0, 0.1) is 5.92 Å². The molecule has 0 spiro atoms. The lowest BCUT2D eigenvalue weighted by atomic mass is 9.95. The molecule has 0 saturated carbocycles. The summed E-state index contributed by atoms with van der Waals surface area (Å²) in [5, 5.41) is 1.18. The number of thiazole rings is 1. The van der Waals surface area contributed by atoms with Crippen molar-refractivity contribution in [1.82, 2.24) is 4.98 Å². The van der Waals surface area contributed by atoms with Gasteiger partial charge in [-0.05, 0) is 43.9 Å². The van der Waals surface area contributed by atoms with Gasteiger partial charge in [-0.1, -0.05) is 23.5 Å². The Morgan fingerprint density at radius 1 is 1.39 bits per heavy atom. The third-order valence-electron chi connectivity index (χ3n) is 3.65. The number of aromatic nitrogens is 1. The van der Waals surface area contributed by atoms with Crippen molar-refractivity contribution in [2.45, 2.75) is 19.3 Å². The summed E-state index contributed by atoms with van der Waals surface area (Å²) in [6, 6.07) is 8.38. The molecule has 1 saturated heterocycles. The lowest BCUT2D eigenvalue weighted by molar-refractivity contribution is 0.396. The van der Waals surface area contributed by atoms with Crippen LogP contribution in [0.2, 0.25) is 0 Å². The second-order valence-corrected chi connectivity index (χ2v) is 6.00. The van der Waals surface area contributed by atoms with E-state index in [0.29, 0.717) is 0 Å². The zero-order valence-electron chi connectivity index (χ0n) is 10.5. The van der Waals surface area contributed by atoms with Gasteiger partial charge in [0, 0.05) is 13.1 Å². The molecule has 1 aliphatic heterocycles.